The molecule has 2 rings (SSSR count). The number of hydrogen-bond donors (Lipinski definition) is 1. The molecule has 0 aliphatic rings. The van der Waals surface area contributed by atoms with Crippen molar-refractivity contribution in [2.75, 3.05) is 12.3 Å². The Morgan fingerprint density at radius 2 is 1.86 bits per heavy atom. The van der Waals surface area contributed by atoms with E-state index in [1.165, 1.54) is 0 Å². The molecule has 2 aromatic rings. The van der Waals surface area contributed by atoms with Gasteiger partial charge >= 0.3 is 0 Å². The van der Waals surface area contributed by atoms with Crippen molar-refractivity contribution in [3.8, 4) is 0 Å². The number of nitrogens with two attached hydrogens (primary N) is 1. The number of quaternary nitrogens is 1. The van der Waals surface area contributed by atoms with E-state index in [-0.39, 0.29) is 11.8 Å². The molecule has 0 bridgehead atoms. The molecule has 2 aromatic carbocycles. The lowest BCUT2D eigenvalue weighted by atomic mass is 10.1. The average Bonchev–Trinajstić information content (AvgIpc) is 2.47. The summed E-state index contributed by atoms with van der Waals surface area (Å²) >= 11 is 9.28. The number of rotatable bonds is 6. The molecule has 3 nitrogen and oxygen atoms in total. The Bertz CT molecular complexity index is 732. The van der Waals surface area contributed by atoms with E-state index in [0.717, 1.165) is 10.0 Å². The van der Waals surface area contributed by atoms with Crippen molar-refractivity contribution in [3.63, 3.8) is 0 Å². The van der Waals surface area contributed by atoms with E-state index in [4.69, 9.17) is 11.6 Å². The first-order valence-corrected chi connectivity index (χ1v) is 9.78. The molecule has 0 aromatic heterocycles. The maximum atomic E-state index is 12.3. The monoisotopic (exact) mass is 402 g/mol. The van der Waals surface area contributed by atoms with Crippen LogP contribution in [-0.4, -0.2) is 20.7 Å². The lowest BCUT2D eigenvalue weighted by molar-refractivity contribution is -0.689. The normalized spacial score (nSPS) is 13.0. The molecule has 0 saturated heterocycles. The minimum atomic E-state index is -3.24. The van der Waals surface area contributed by atoms with Crippen LogP contribution in [0.15, 0.2) is 57.9 Å². The van der Waals surface area contributed by atoms with Crippen molar-refractivity contribution in [2.45, 2.75) is 17.9 Å². The van der Waals surface area contributed by atoms with Crippen molar-refractivity contribution in [3.05, 3.63) is 63.6 Å². The first-order valence-electron chi connectivity index (χ1n) is 6.95. The summed E-state index contributed by atoms with van der Waals surface area (Å²) in [6, 6.07) is 14.5. The fraction of sp³-hybridized carbons (Fsp3) is 0.250. The Morgan fingerprint density at radius 1 is 1.18 bits per heavy atom. The molecular formula is C16H18BrClNO2S+. The summed E-state index contributed by atoms with van der Waals surface area (Å²) in [4.78, 5) is 0.361. The highest BCUT2D eigenvalue weighted by atomic mass is 79.9. The van der Waals surface area contributed by atoms with Crippen molar-refractivity contribution in [2.24, 2.45) is 0 Å². The van der Waals surface area contributed by atoms with E-state index in [1.54, 1.807) is 24.3 Å². The predicted molar refractivity (Wildman–Crippen MR) is 92.9 cm³/mol. The van der Waals surface area contributed by atoms with Crippen LogP contribution >= 0.6 is 27.5 Å². The second-order valence-corrected chi connectivity index (χ2v) is 8.60. The summed E-state index contributed by atoms with van der Waals surface area (Å²) in [7, 11) is -3.24. The van der Waals surface area contributed by atoms with Gasteiger partial charge in [-0.25, -0.2) is 8.42 Å². The van der Waals surface area contributed by atoms with Gasteiger partial charge in [-0.3, -0.25) is 0 Å². The van der Waals surface area contributed by atoms with Gasteiger partial charge in [-0.05, 0) is 43.3 Å². The van der Waals surface area contributed by atoms with Gasteiger partial charge in [-0.1, -0.05) is 39.7 Å². The Balaban J connectivity index is 1.94. The third kappa shape index (κ3) is 4.81. The zero-order valence-electron chi connectivity index (χ0n) is 12.2. The predicted octanol–water partition coefficient (Wildman–Crippen LogP) is 3.20. The number of hydrogen-bond acceptors (Lipinski definition) is 2. The summed E-state index contributed by atoms with van der Waals surface area (Å²) in [6.45, 7) is 2.55. The van der Waals surface area contributed by atoms with E-state index in [1.807, 2.05) is 36.5 Å². The van der Waals surface area contributed by atoms with Gasteiger partial charge in [0.2, 0.25) is 0 Å². The van der Waals surface area contributed by atoms with Crippen LogP contribution in [0.5, 0.6) is 0 Å². The van der Waals surface area contributed by atoms with Crippen LogP contribution < -0.4 is 5.32 Å². The van der Waals surface area contributed by atoms with Crippen LogP contribution in [0.4, 0.5) is 0 Å². The van der Waals surface area contributed by atoms with Gasteiger partial charge in [0.15, 0.2) is 9.84 Å². The average molecular weight is 404 g/mol. The van der Waals surface area contributed by atoms with Gasteiger partial charge in [0.05, 0.1) is 11.4 Å². The standard InChI is InChI=1S/C16H17BrClNO2S/c1-12(13-3-2-4-15(18)11-13)19-9-10-22(20,21)16-7-5-14(17)6-8-16/h2-8,11-12,19H,9-10H2,1H3/p+1/t12-/m1/s1. The molecule has 6 heteroatoms. The lowest BCUT2D eigenvalue weighted by Crippen LogP contribution is -2.85. The van der Waals surface area contributed by atoms with E-state index >= 15 is 0 Å². The number of benzene rings is 2. The smallest absolute Gasteiger partial charge is 0.183 e. The Kier molecular flexibility index (Phi) is 6.03. The molecule has 1 atom stereocenters. The summed E-state index contributed by atoms with van der Waals surface area (Å²) in [5.41, 5.74) is 1.09. The third-order valence-electron chi connectivity index (χ3n) is 3.45. The second-order valence-electron chi connectivity index (χ2n) is 5.14. The van der Waals surface area contributed by atoms with Gasteiger partial charge in [-0.2, -0.15) is 0 Å². The van der Waals surface area contributed by atoms with Crippen LogP contribution in [0.25, 0.3) is 0 Å². The second kappa shape index (κ2) is 7.59. The van der Waals surface area contributed by atoms with Crippen LogP contribution in [0.2, 0.25) is 5.02 Å². The maximum absolute atomic E-state index is 12.3. The fourth-order valence-electron chi connectivity index (χ4n) is 2.16. The molecule has 118 valence electrons. The molecule has 0 aliphatic heterocycles. The zero-order chi connectivity index (χ0) is 16.2. The molecular weight excluding hydrogens is 386 g/mol. The molecule has 22 heavy (non-hydrogen) atoms. The Morgan fingerprint density at radius 3 is 2.50 bits per heavy atom. The van der Waals surface area contributed by atoms with Gasteiger partial charge < -0.3 is 5.32 Å². The lowest BCUT2D eigenvalue weighted by Gasteiger charge is -2.11. The highest BCUT2D eigenvalue weighted by Gasteiger charge is 2.16. The Hall–Kier alpha value is -0.880. The molecule has 0 spiro atoms. The minimum absolute atomic E-state index is 0.111. The first kappa shape index (κ1) is 17.5. The summed E-state index contributed by atoms with van der Waals surface area (Å²) in [5.74, 6) is 0.111. The largest absolute Gasteiger partial charge is 0.339 e. The van der Waals surface area contributed by atoms with Crippen LogP contribution in [0, 0.1) is 0 Å². The van der Waals surface area contributed by atoms with Crippen LogP contribution in [-0.2, 0) is 9.84 Å². The minimum Gasteiger partial charge on any atom is -0.339 e. The van der Waals surface area contributed by atoms with Crippen LogP contribution in [0.3, 0.4) is 0 Å². The van der Waals surface area contributed by atoms with E-state index in [2.05, 4.69) is 15.9 Å². The van der Waals surface area contributed by atoms with Gasteiger partial charge in [0, 0.05) is 15.1 Å². The molecule has 0 saturated carbocycles. The van der Waals surface area contributed by atoms with Gasteiger partial charge in [0.1, 0.15) is 11.8 Å². The van der Waals surface area contributed by atoms with Crippen molar-refractivity contribution < 1.29 is 13.7 Å². The zero-order valence-corrected chi connectivity index (χ0v) is 15.3. The number of halogens is 2. The van der Waals surface area contributed by atoms with Gasteiger partial charge in [-0.15, -0.1) is 0 Å². The fourth-order valence-corrected chi connectivity index (χ4v) is 3.85. The maximum Gasteiger partial charge on any atom is 0.183 e. The summed E-state index contributed by atoms with van der Waals surface area (Å²) in [5, 5.41) is 2.71. The van der Waals surface area contributed by atoms with E-state index in [9.17, 15) is 8.42 Å². The molecule has 2 N–H and O–H groups in total. The molecule has 0 unspecified atom stereocenters. The summed E-state index contributed by atoms with van der Waals surface area (Å²) in [6.07, 6.45) is 0. The van der Waals surface area contributed by atoms with E-state index < -0.39 is 9.84 Å². The topological polar surface area (TPSA) is 50.8 Å². The van der Waals surface area contributed by atoms with Crippen molar-refractivity contribution in [1.29, 1.82) is 0 Å². The first-order chi connectivity index (χ1) is 10.4. The van der Waals surface area contributed by atoms with Crippen molar-refractivity contribution in [1.82, 2.24) is 0 Å². The number of sulfone groups is 1. The molecule has 0 aliphatic carbocycles. The van der Waals surface area contributed by atoms with Crippen LogP contribution in [0.1, 0.15) is 18.5 Å². The van der Waals surface area contributed by atoms with Gasteiger partial charge in [0.25, 0.3) is 0 Å². The van der Waals surface area contributed by atoms with Crippen molar-refractivity contribution >= 4 is 37.4 Å². The third-order valence-corrected chi connectivity index (χ3v) is 5.98. The molecule has 0 fully saturated rings. The molecule has 0 heterocycles. The summed E-state index contributed by atoms with van der Waals surface area (Å²) < 4.78 is 25.4. The van der Waals surface area contributed by atoms with E-state index in [0.29, 0.717) is 16.5 Å². The Labute approximate surface area is 144 Å². The quantitative estimate of drug-likeness (QED) is 0.805. The highest BCUT2D eigenvalue weighted by molar-refractivity contribution is 9.10. The highest BCUT2D eigenvalue weighted by Crippen LogP contribution is 2.16. The molecule has 0 radical (unpaired) electrons. The SMILES string of the molecule is C[C@@H]([NH2+]CCS(=O)(=O)c1ccc(Br)cc1)c1cccc(Cl)c1. The molecule has 0 amide bonds.